The third-order valence-electron chi connectivity index (χ3n) is 6.95. The molecule has 0 aromatic carbocycles. The highest BCUT2D eigenvalue weighted by Crippen LogP contribution is 2.69. The monoisotopic (exact) mass is 276 g/mol. The van der Waals surface area contributed by atoms with Crippen LogP contribution in [0.15, 0.2) is 0 Å². The first-order chi connectivity index (χ1) is 9.79. The first-order valence-corrected chi connectivity index (χ1v) is 8.77. The minimum absolute atomic E-state index is 0.373. The van der Waals surface area contributed by atoms with E-state index in [1.807, 2.05) is 0 Å². The summed E-state index contributed by atoms with van der Waals surface area (Å²) in [6, 6.07) is 0. The second kappa shape index (κ2) is 5.01. The quantitative estimate of drug-likeness (QED) is 0.826. The number of carbonyl (C=O) groups excluding carboxylic acids is 1. The minimum Gasteiger partial charge on any atom is -0.356 e. The fourth-order valence-corrected chi connectivity index (χ4v) is 5.89. The van der Waals surface area contributed by atoms with Gasteiger partial charge in [0.2, 0.25) is 5.91 Å². The topological polar surface area (TPSA) is 55.1 Å². The highest BCUT2D eigenvalue weighted by molar-refractivity contribution is 5.82. The van der Waals surface area contributed by atoms with Gasteiger partial charge < -0.3 is 11.1 Å². The lowest BCUT2D eigenvalue weighted by molar-refractivity contribution is -0.123. The van der Waals surface area contributed by atoms with Gasteiger partial charge in [-0.05, 0) is 74.2 Å². The average molecular weight is 276 g/mol. The third-order valence-corrected chi connectivity index (χ3v) is 6.95. The lowest BCUT2D eigenvalue weighted by Gasteiger charge is -2.30. The molecule has 4 aliphatic carbocycles. The van der Waals surface area contributed by atoms with Gasteiger partial charge in [-0.1, -0.05) is 12.8 Å². The Kier molecular flexibility index (Phi) is 3.29. The van der Waals surface area contributed by atoms with Crippen molar-refractivity contribution in [1.82, 2.24) is 5.32 Å². The van der Waals surface area contributed by atoms with E-state index in [0.29, 0.717) is 23.7 Å². The molecule has 6 unspecified atom stereocenters. The van der Waals surface area contributed by atoms with Gasteiger partial charge in [-0.3, -0.25) is 4.79 Å². The van der Waals surface area contributed by atoms with Crippen molar-refractivity contribution < 1.29 is 4.79 Å². The lowest BCUT2D eigenvalue weighted by atomic mass is 9.79. The highest BCUT2D eigenvalue weighted by Gasteiger charge is 2.67. The second-order valence-corrected chi connectivity index (χ2v) is 7.80. The third kappa shape index (κ3) is 2.01. The van der Waals surface area contributed by atoms with E-state index in [4.69, 9.17) is 5.73 Å². The molecule has 4 fully saturated rings. The Balaban J connectivity index is 1.29. The summed E-state index contributed by atoms with van der Waals surface area (Å²) in [5, 5.41) is 3.28. The molecule has 6 atom stereocenters. The van der Waals surface area contributed by atoms with E-state index in [1.54, 1.807) is 0 Å². The molecule has 4 aliphatic rings. The Morgan fingerprint density at radius 3 is 2.30 bits per heavy atom. The van der Waals surface area contributed by atoms with Crippen LogP contribution in [0.2, 0.25) is 0 Å². The van der Waals surface area contributed by atoms with Crippen molar-refractivity contribution >= 4 is 5.91 Å². The van der Waals surface area contributed by atoms with Crippen molar-refractivity contribution in [2.45, 2.75) is 44.9 Å². The van der Waals surface area contributed by atoms with Gasteiger partial charge in [-0.2, -0.15) is 0 Å². The number of rotatable bonds is 4. The van der Waals surface area contributed by atoms with Crippen molar-refractivity contribution in [3.8, 4) is 0 Å². The van der Waals surface area contributed by atoms with Crippen LogP contribution in [0.1, 0.15) is 44.9 Å². The summed E-state index contributed by atoms with van der Waals surface area (Å²) in [5.74, 6) is 5.36. The maximum atomic E-state index is 12.4. The van der Waals surface area contributed by atoms with Gasteiger partial charge >= 0.3 is 0 Å². The Labute approximate surface area is 122 Å². The van der Waals surface area contributed by atoms with Gasteiger partial charge in [0.25, 0.3) is 0 Å². The zero-order valence-corrected chi connectivity index (χ0v) is 12.4. The highest BCUT2D eigenvalue weighted by atomic mass is 16.2. The molecule has 0 saturated heterocycles. The lowest BCUT2D eigenvalue weighted by Crippen LogP contribution is -2.38. The van der Waals surface area contributed by atoms with E-state index in [1.165, 1.54) is 44.9 Å². The number of fused-ring (bicyclic) bond motifs is 5. The fourth-order valence-electron chi connectivity index (χ4n) is 5.89. The summed E-state index contributed by atoms with van der Waals surface area (Å²) < 4.78 is 0. The molecular weight excluding hydrogens is 248 g/mol. The van der Waals surface area contributed by atoms with E-state index in [0.717, 1.165) is 36.8 Å². The predicted octanol–water partition coefficient (Wildman–Crippen LogP) is 2.16. The molecule has 3 heteroatoms. The number of amides is 1. The first kappa shape index (κ1) is 13.1. The largest absolute Gasteiger partial charge is 0.356 e. The molecule has 3 nitrogen and oxygen atoms in total. The van der Waals surface area contributed by atoms with Gasteiger partial charge in [0, 0.05) is 12.5 Å². The molecule has 1 amide bonds. The van der Waals surface area contributed by atoms with Crippen LogP contribution in [0.4, 0.5) is 0 Å². The van der Waals surface area contributed by atoms with Gasteiger partial charge in [0.15, 0.2) is 0 Å². The summed E-state index contributed by atoms with van der Waals surface area (Å²) in [6.07, 6.45) is 9.37. The normalized spacial score (nSPS) is 49.0. The molecule has 3 N–H and O–H groups in total. The van der Waals surface area contributed by atoms with Crippen molar-refractivity contribution in [3.05, 3.63) is 0 Å². The van der Waals surface area contributed by atoms with Gasteiger partial charge in [0.1, 0.15) is 0 Å². The van der Waals surface area contributed by atoms with Crippen molar-refractivity contribution in [3.63, 3.8) is 0 Å². The van der Waals surface area contributed by atoms with Crippen LogP contribution < -0.4 is 11.1 Å². The standard InChI is InChI=1S/C17H28N2O/c18-8-12-3-1-2-4-13(12)9-19-17(20)16-14-10-5-6-11(7-10)15(14)16/h10-16H,1-9,18H2,(H,19,20). The molecular formula is C17H28N2O. The van der Waals surface area contributed by atoms with Gasteiger partial charge in [-0.15, -0.1) is 0 Å². The number of hydrogen-bond donors (Lipinski definition) is 2. The molecule has 0 aromatic heterocycles. The zero-order chi connectivity index (χ0) is 13.7. The molecule has 2 bridgehead atoms. The van der Waals surface area contributed by atoms with Crippen LogP contribution in [0.25, 0.3) is 0 Å². The predicted molar refractivity (Wildman–Crippen MR) is 78.8 cm³/mol. The maximum Gasteiger partial charge on any atom is 0.223 e. The molecule has 0 aliphatic heterocycles. The molecule has 20 heavy (non-hydrogen) atoms. The van der Waals surface area contributed by atoms with Gasteiger partial charge in [-0.25, -0.2) is 0 Å². The van der Waals surface area contributed by atoms with E-state index >= 15 is 0 Å². The maximum absolute atomic E-state index is 12.4. The number of nitrogens with one attached hydrogen (secondary N) is 1. The summed E-state index contributed by atoms with van der Waals surface area (Å²) in [6.45, 7) is 1.67. The van der Waals surface area contributed by atoms with Gasteiger partial charge in [0.05, 0.1) is 0 Å². The molecule has 112 valence electrons. The average Bonchev–Trinajstić information content (AvgIpc) is 2.93. The molecule has 4 rings (SSSR count). The summed E-state index contributed by atoms with van der Waals surface area (Å²) in [7, 11) is 0. The van der Waals surface area contributed by atoms with Crippen molar-refractivity contribution in [2.24, 2.45) is 47.2 Å². The molecule has 4 saturated carbocycles. The number of hydrogen-bond acceptors (Lipinski definition) is 2. The SMILES string of the molecule is NCC1CCCCC1CNC(=O)C1C2C3CCC(C3)C12. The molecule has 0 aromatic rings. The van der Waals surface area contributed by atoms with Crippen molar-refractivity contribution in [2.75, 3.05) is 13.1 Å². The Morgan fingerprint density at radius 1 is 1.00 bits per heavy atom. The Hall–Kier alpha value is -0.570. The van der Waals surface area contributed by atoms with E-state index in [-0.39, 0.29) is 0 Å². The summed E-state index contributed by atoms with van der Waals surface area (Å²) >= 11 is 0. The summed E-state index contributed by atoms with van der Waals surface area (Å²) in [5.41, 5.74) is 5.88. The Morgan fingerprint density at radius 2 is 1.65 bits per heavy atom. The minimum atomic E-state index is 0.373. The van der Waals surface area contributed by atoms with Crippen LogP contribution in [0, 0.1) is 41.4 Å². The fraction of sp³-hybridized carbons (Fsp3) is 0.941. The van der Waals surface area contributed by atoms with Crippen LogP contribution in [-0.2, 0) is 4.79 Å². The first-order valence-electron chi connectivity index (χ1n) is 8.77. The van der Waals surface area contributed by atoms with E-state index in [9.17, 15) is 4.79 Å². The zero-order valence-electron chi connectivity index (χ0n) is 12.4. The summed E-state index contributed by atoms with van der Waals surface area (Å²) in [4.78, 5) is 12.4. The van der Waals surface area contributed by atoms with E-state index < -0.39 is 0 Å². The molecule has 0 spiro atoms. The van der Waals surface area contributed by atoms with Crippen LogP contribution in [-0.4, -0.2) is 19.0 Å². The van der Waals surface area contributed by atoms with E-state index in [2.05, 4.69) is 5.32 Å². The van der Waals surface area contributed by atoms with Crippen LogP contribution in [0.3, 0.4) is 0 Å². The number of carbonyl (C=O) groups is 1. The Bertz CT molecular complexity index is 380. The second-order valence-electron chi connectivity index (χ2n) is 7.80. The van der Waals surface area contributed by atoms with Crippen LogP contribution in [0.5, 0.6) is 0 Å². The molecule has 0 radical (unpaired) electrons. The van der Waals surface area contributed by atoms with Crippen molar-refractivity contribution in [1.29, 1.82) is 0 Å². The number of nitrogens with two attached hydrogens (primary N) is 1. The smallest absolute Gasteiger partial charge is 0.223 e. The molecule has 0 heterocycles. The van der Waals surface area contributed by atoms with Crippen LogP contribution >= 0.6 is 0 Å².